The zero-order chi connectivity index (χ0) is 11.1. The highest BCUT2D eigenvalue weighted by molar-refractivity contribution is 5.93. The van der Waals surface area contributed by atoms with Gasteiger partial charge in [-0.25, -0.2) is 0 Å². The summed E-state index contributed by atoms with van der Waals surface area (Å²) in [4.78, 5) is 15.5. The highest BCUT2D eigenvalue weighted by Gasteiger charge is 2.07. The Kier molecular flexibility index (Phi) is 4.81. The molecule has 1 heterocycles. The third-order valence-electron chi connectivity index (χ3n) is 2.63. The maximum absolute atomic E-state index is 11.6. The molecule has 82 valence electrons. The van der Waals surface area contributed by atoms with Crippen LogP contribution in [0.25, 0.3) is 0 Å². The molecule has 1 N–H and O–H groups in total. The zero-order valence-electron chi connectivity index (χ0n) is 9.36. The van der Waals surface area contributed by atoms with Crippen LogP contribution in [0.5, 0.6) is 0 Å². The first kappa shape index (κ1) is 11.7. The molecular weight excluding hydrogens is 188 g/mol. The van der Waals surface area contributed by atoms with Gasteiger partial charge in [0.25, 0.3) is 5.91 Å². The van der Waals surface area contributed by atoms with Crippen molar-refractivity contribution in [2.45, 2.75) is 26.7 Å². The van der Waals surface area contributed by atoms with E-state index in [2.05, 4.69) is 24.1 Å². The van der Waals surface area contributed by atoms with Crippen LogP contribution < -0.4 is 5.32 Å². The number of carbonyl (C=O) groups excluding carboxylic acids is 1. The fourth-order valence-electron chi connectivity index (χ4n) is 1.41. The van der Waals surface area contributed by atoms with Gasteiger partial charge in [-0.15, -0.1) is 0 Å². The smallest absolute Gasteiger partial charge is 0.252 e. The van der Waals surface area contributed by atoms with Crippen molar-refractivity contribution in [1.82, 2.24) is 10.3 Å². The summed E-state index contributed by atoms with van der Waals surface area (Å²) < 4.78 is 0. The number of nitrogens with one attached hydrogen (secondary N) is 1. The van der Waals surface area contributed by atoms with Crippen LogP contribution in [0.2, 0.25) is 0 Å². The Morgan fingerprint density at radius 2 is 2.20 bits per heavy atom. The van der Waals surface area contributed by atoms with Crippen LogP contribution in [0.4, 0.5) is 0 Å². The first-order valence-corrected chi connectivity index (χ1v) is 5.46. The predicted octanol–water partition coefficient (Wildman–Crippen LogP) is 2.25. The standard InChI is InChI=1S/C12H18N2O/c1-3-10(4-2)8-14-12(15)11-6-5-7-13-9-11/h5-7,9-10H,3-4,8H2,1-2H3,(H,14,15). The minimum Gasteiger partial charge on any atom is -0.352 e. The van der Waals surface area contributed by atoms with Gasteiger partial charge < -0.3 is 5.32 Å². The third-order valence-corrected chi connectivity index (χ3v) is 2.63. The Morgan fingerprint density at radius 3 is 2.73 bits per heavy atom. The minimum atomic E-state index is -0.0324. The van der Waals surface area contributed by atoms with Crippen LogP contribution in [0, 0.1) is 5.92 Å². The molecule has 0 bridgehead atoms. The van der Waals surface area contributed by atoms with E-state index in [9.17, 15) is 4.79 Å². The van der Waals surface area contributed by atoms with Gasteiger partial charge in [0, 0.05) is 18.9 Å². The SMILES string of the molecule is CCC(CC)CNC(=O)c1cccnc1. The number of nitrogens with zero attached hydrogens (tertiary/aromatic N) is 1. The van der Waals surface area contributed by atoms with E-state index in [1.54, 1.807) is 24.5 Å². The van der Waals surface area contributed by atoms with Gasteiger partial charge >= 0.3 is 0 Å². The molecule has 1 aromatic heterocycles. The third kappa shape index (κ3) is 3.70. The summed E-state index contributed by atoms with van der Waals surface area (Å²) in [6.45, 7) is 5.04. The molecule has 3 nitrogen and oxygen atoms in total. The fraction of sp³-hybridized carbons (Fsp3) is 0.500. The number of rotatable bonds is 5. The molecule has 0 unspecified atom stereocenters. The lowest BCUT2D eigenvalue weighted by Crippen LogP contribution is -2.28. The van der Waals surface area contributed by atoms with Gasteiger partial charge in [0.15, 0.2) is 0 Å². The van der Waals surface area contributed by atoms with E-state index in [1.165, 1.54) is 0 Å². The van der Waals surface area contributed by atoms with Crippen molar-refractivity contribution >= 4 is 5.91 Å². The largest absolute Gasteiger partial charge is 0.352 e. The normalized spacial score (nSPS) is 10.3. The van der Waals surface area contributed by atoms with Gasteiger partial charge in [0.2, 0.25) is 0 Å². The van der Waals surface area contributed by atoms with Crippen molar-refractivity contribution in [2.24, 2.45) is 5.92 Å². The van der Waals surface area contributed by atoms with Gasteiger partial charge in [-0.2, -0.15) is 0 Å². The Hall–Kier alpha value is -1.38. The van der Waals surface area contributed by atoms with Gasteiger partial charge in [-0.1, -0.05) is 26.7 Å². The van der Waals surface area contributed by atoms with Gasteiger partial charge in [0.1, 0.15) is 0 Å². The van der Waals surface area contributed by atoms with Crippen LogP contribution >= 0.6 is 0 Å². The fourth-order valence-corrected chi connectivity index (χ4v) is 1.41. The van der Waals surface area contributed by atoms with E-state index in [0.29, 0.717) is 11.5 Å². The summed E-state index contributed by atoms with van der Waals surface area (Å²) >= 11 is 0. The number of hydrogen-bond donors (Lipinski definition) is 1. The summed E-state index contributed by atoms with van der Waals surface area (Å²) in [5, 5.41) is 2.92. The lowest BCUT2D eigenvalue weighted by Gasteiger charge is -2.12. The molecule has 1 aromatic rings. The second-order valence-electron chi connectivity index (χ2n) is 3.63. The maximum atomic E-state index is 11.6. The molecule has 15 heavy (non-hydrogen) atoms. The first-order valence-electron chi connectivity index (χ1n) is 5.46. The lowest BCUT2D eigenvalue weighted by molar-refractivity contribution is 0.0946. The molecular formula is C12H18N2O. The van der Waals surface area contributed by atoms with Crippen LogP contribution in [0.3, 0.4) is 0 Å². The van der Waals surface area contributed by atoms with E-state index in [-0.39, 0.29) is 5.91 Å². The Balaban J connectivity index is 2.43. The number of aromatic nitrogens is 1. The van der Waals surface area contributed by atoms with Crippen LogP contribution in [-0.4, -0.2) is 17.4 Å². The van der Waals surface area contributed by atoms with Crippen molar-refractivity contribution in [3.63, 3.8) is 0 Å². The average Bonchev–Trinajstić information content (AvgIpc) is 2.31. The van der Waals surface area contributed by atoms with E-state index >= 15 is 0 Å². The van der Waals surface area contributed by atoms with Gasteiger partial charge in [-0.05, 0) is 18.1 Å². The molecule has 0 aromatic carbocycles. The van der Waals surface area contributed by atoms with E-state index < -0.39 is 0 Å². The van der Waals surface area contributed by atoms with E-state index in [1.807, 2.05) is 0 Å². The molecule has 0 atom stereocenters. The van der Waals surface area contributed by atoms with Crippen molar-refractivity contribution in [3.05, 3.63) is 30.1 Å². The first-order chi connectivity index (χ1) is 7.27. The Morgan fingerprint density at radius 1 is 1.47 bits per heavy atom. The average molecular weight is 206 g/mol. The van der Waals surface area contributed by atoms with Crippen LogP contribution in [0.15, 0.2) is 24.5 Å². The van der Waals surface area contributed by atoms with Gasteiger partial charge in [-0.3, -0.25) is 9.78 Å². The zero-order valence-corrected chi connectivity index (χ0v) is 9.36. The molecule has 0 spiro atoms. The number of hydrogen-bond acceptors (Lipinski definition) is 2. The number of pyridine rings is 1. The second kappa shape index (κ2) is 6.17. The molecule has 0 aliphatic rings. The van der Waals surface area contributed by atoms with Crippen molar-refractivity contribution in [3.8, 4) is 0 Å². The predicted molar refractivity (Wildman–Crippen MR) is 60.6 cm³/mol. The van der Waals surface area contributed by atoms with Crippen molar-refractivity contribution in [1.29, 1.82) is 0 Å². The van der Waals surface area contributed by atoms with Gasteiger partial charge in [0.05, 0.1) is 5.56 Å². The summed E-state index contributed by atoms with van der Waals surface area (Å²) in [6, 6.07) is 3.54. The van der Waals surface area contributed by atoms with Crippen molar-refractivity contribution in [2.75, 3.05) is 6.54 Å². The van der Waals surface area contributed by atoms with Crippen LogP contribution in [0.1, 0.15) is 37.0 Å². The Labute approximate surface area is 90.9 Å². The molecule has 0 aliphatic heterocycles. The molecule has 0 fully saturated rings. The molecule has 0 radical (unpaired) electrons. The molecule has 0 saturated heterocycles. The number of carbonyl (C=O) groups is 1. The molecule has 0 aliphatic carbocycles. The van der Waals surface area contributed by atoms with E-state index in [0.717, 1.165) is 19.4 Å². The molecule has 1 amide bonds. The maximum Gasteiger partial charge on any atom is 0.252 e. The highest BCUT2D eigenvalue weighted by Crippen LogP contribution is 2.05. The minimum absolute atomic E-state index is 0.0324. The topological polar surface area (TPSA) is 42.0 Å². The van der Waals surface area contributed by atoms with Crippen LogP contribution in [-0.2, 0) is 0 Å². The summed E-state index contributed by atoms with van der Waals surface area (Å²) in [5.74, 6) is 0.542. The summed E-state index contributed by atoms with van der Waals surface area (Å²) in [7, 11) is 0. The van der Waals surface area contributed by atoms with E-state index in [4.69, 9.17) is 0 Å². The highest BCUT2D eigenvalue weighted by atomic mass is 16.1. The molecule has 3 heteroatoms. The summed E-state index contributed by atoms with van der Waals surface area (Å²) in [5.41, 5.74) is 0.628. The monoisotopic (exact) mass is 206 g/mol. The Bertz CT molecular complexity index is 294. The molecule has 0 saturated carbocycles. The second-order valence-corrected chi connectivity index (χ2v) is 3.63. The summed E-state index contributed by atoms with van der Waals surface area (Å²) in [6.07, 6.45) is 5.45. The lowest BCUT2D eigenvalue weighted by atomic mass is 10.0. The van der Waals surface area contributed by atoms with Crippen molar-refractivity contribution < 1.29 is 4.79 Å². The quantitative estimate of drug-likeness (QED) is 0.802. The molecule has 1 rings (SSSR count). The number of amides is 1.